The van der Waals surface area contributed by atoms with Crippen LogP contribution in [0.25, 0.3) is 0 Å². The standard InChI is InChI=1S/C12H26O/c1-6-7-10(2)11(13)8-9-12(3,4)5/h10-11,13H,6-9H2,1-5H3. The molecule has 0 fully saturated rings. The summed E-state index contributed by atoms with van der Waals surface area (Å²) in [6.45, 7) is 11.0. The molecular weight excluding hydrogens is 160 g/mol. The third kappa shape index (κ3) is 7.06. The monoisotopic (exact) mass is 186 g/mol. The van der Waals surface area contributed by atoms with Crippen molar-refractivity contribution in [1.82, 2.24) is 0 Å². The molecule has 0 aliphatic rings. The van der Waals surface area contributed by atoms with Gasteiger partial charge in [-0.1, -0.05) is 41.0 Å². The first-order valence-corrected chi connectivity index (χ1v) is 5.55. The summed E-state index contributed by atoms with van der Waals surface area (Å²) in [5.74, 6) is 0.465. The fraction of sp³-hybridized carbons (Fsp3) is 1.00. The summed E-state index contributed by atoms with van der Waals surface area (Å²) in [5.41, 5.74) is 0.354. The zero-order valence-electron chi connectivity index (χ0n) is 9.93. The Balaban J connectivity index is 3.67. The summed E-state index contributed by atoms with van der Waals surface area (Å²) in [5, 5.41) is 9.81. The Morgan fingerprint density at radius 2 is 1.69 bits per heavy atom. The Hall–Kier alpha value is -0.0400. The second-order valence-electron chi connectivity index (χ2n) is 5.43. The Kier molecular flexibility index (Phi) is 5.62. The van der Waals surface area contributed by atoms with E-state index in [0.29, 0.717) is 11.3 Å². The van der Waals surface area contributed by atoms with Gasteiger partial charge in [-0.3, -0.25) is 0 Å². The molecule has 1 heteroatoms. The van der Waals surface area contributed by atoms with Gasteiger partial charge in [0.05, 0.1) is 6.10 Å². The highest BCUT2D eigenvalue weighted by molar-refractivity contribution is 4.69. The van der Waals surface area contributed by atoms with E-state index >= 15 is 0 Å². The van der Waals surface area contributed by atoms with Gasteiger partial charge >= 0.3 is 0 Å². The van der Waals surface area contributed by atoms with Gasteiger partial charge in [-0.25, -0.2) is 0 Å². The largest absolute Gasteiger partial charge is 0.393 e. The Bertz CT molecular complexity index is 124. The number of hydrogen-bond donors (Lipinski definition) is 1. The topological polar surface area (TPSA) is 20.2 Å². The van der Waals surface area contributed by atoms with E-state index in [1.165, 1.54) is 6.42 Å². The molecule has 1 nitrogen and oxygen atoms in total. The average Bonchev–Trinajstić information content (AvgIpc) is 1.99. The summed E-state index contributed by atoms with van der Waals surface area (Å²) < 4.78 is 0. The predicted octanol–water partition coefficient (Wildman–Crippen LogP) is 3.61. The molecule has 0 aromatic heterocycles. The molecule has 80 valence electrons. The smallest absolute Gasteiger partial charge is 0.0566 e. The fourth-order valence-corrected chi connectivity index (χ4v) is 1.51. The van der Waals surface area contributed by atoms with E-state index in [0.717, 1.165) is 19.3 Å². The van der Waals surface area contributed by atoms with Crippen LogP contribution in [0.2, 0.25) is 0 Å². The summed E-state index contributed by atoms with van der Waals surface area (Å²) in [7, 11) is 0. The zero-order valence-corrected chi connectivity index (χ0v) is 9.93. The minimum absolute atomic E-state index is 0.0980. The summed E-state index contributed by atoms with van der Waals surface area (Å²) in [4.78, 5) is 0. The van der Waals surface area contributed by atoms with Crippen LogP contribution in [0.15, 0.2) is 0 Å². The summed E-state index contributed by atoms with van der Waals surface area (Å²) >= 11 is 0. The predicted molar refractivity (Wildman–Crippen MR) is 58.8 cm³/mol. The van der Waals surface area contributed by atoms with E-state index in [1.807, 2.05) is 0 Å². The second-order valence-corrected chi connectivity index (χ2v) is 5.43. The number of aliphatic hydroxyl groups is 1. The van der Waals surface area contributed by atoms with Crippen molar-refractivity contribution in [3.8, 4) is 0 Å². The molecule has 0 aromatic carbocycles. The third-order valence-electron chi connectivity index (χ3n) is 2.59. The van der Waals surface area contributed by atoms with Crippen molar-refractivity contribution in [2.75, 3.05) is 0 Å². The van der Waals surface area contributed by atoms with E-state index < -0.39 is 0 Å². The molecule has 0 heterocycles. The molecule has 2 unspecified atom stereocenters. The van der Waals surface area contributed by atoms with Crippen LogP contribution in [0.1, 0.15) is 60.3 Å². The maximum absolute atomic E-state index is 9.81. The van der Waals surface area contributed by atoms with Gasteiger partial charge in [-0.15, -0.1) is 0 Å². The van der Waals surface area contributed by atoms with Gasteiger partial charge in [0.25, 0.3) is 0 Å². The third-order valence-corrected chi connectivity index (χ3v) is 2.59. The molecule has 0 saturated carbocycles. The lowest BCUT2D eigenvalue weighted by Gasteiger charge is -2.23. The lowest BCUT2D eigenvalue weighted by Crippen LogP contribution is -2.20. The molecule has 0 aromatic rings. The molecule has 0 rings (SSSR count). The maximum atomic E-state index is 9.81. The normalized spacial score (nSPS) is 17.1. The molecule has 0 bridgehead atoms. The highest BCUT2D eigenvalue weighted by Crippen LogP contribution is 2.24. The fourth-order valence-electron chi connectivity index (χ4n) is 1.51. The average molecular weight is 186 g/mol. The van der Waals surface area contributed by atoms with E-state index in [-0.39, 0.29) is 6.10 Å². The lowest BCUT2D eigenvalue weighted by atomic mass is 9.86. The van der Waals surface area contributed by atoms with Crippen LogP contribution in [0.4, 0.5) is 0 Å². The highest BCUT2D eigenvalue weighted by atomic mass is 16.3. The number of hydrogen-bond acceptors (Lipinski definition) is 1. The molecule has 0 spiro atoms. The van der Waals surface area contributed by atoms with Crippen molar-refractivity contribution in [2.45, 2.75) is 66.4 Å². The van der Waals surface area contributed by atoms with Gasteiger partial charge in [-0.2, -0.15) is 0 Å². The van der Waals surface area contributed by atoms with Gasteiger partial charge in [0, 0.05) is 0 Å². The zero-order chi connectivity index (χ0) is 10.5. The minimum Gasteiger partial charge on any atom is -0.393 e. The van der Waals surface area contributed by atoms with Gasteiger partial charge < -0.3 is 5.11 Å². The van der Waals surface area contributed by atoms with Crippen LogP contribution in [0.3, 0.4) is 0 Å². The maximum Gasteiger partial charge on any atom is 0.0566 e. The van der Waals surface area contributed by atoms with Crippen LogP contribution >= 0.6 is 0 Å². The Morgan fingerprint density at radius 3 is 2.08 bits per heavy atom. The van der Waals surface area contributed by atoms with Gasteiger partial charge in [-0.05, 0) is 30.6 Å². The first kappa shape index (κ1) is 13.0. The molecular formula is C12H26O. The van der Waals surface area contributed by atoms with Crippen LogP contribution in [-0.2, 0) is 0 Å². The molecule has 13 heavy (non-hydrogen) atoms. The lowest BCUT2D eigenvalue weighted by molar-refractivity contribution is 0.0896. The number of aliphatic hydroxyl groups excluding tert-OH is 1. The highest BCUT2D eigenvalue weighted by Gasteiger charge is 2.17. The van der Waals surface area contributed by atoms with Gasteiger partial charge in [0.15, 0.2) is 0 Å². The van der Waals surface area contributed by atoms with Crippen LogP contribution < -0.4 is 0 Å². The van der Waals surface area contributed by atoms with Gasteiger partial charge in [0.2, 0.25) is 0 Å². The van der Waals surface area contributed by atoms with E-state index in [9.17, 15) is 5.11 Å². The first-order valence-electron chi connectivity index (χ1n) is 5.55. The Morgan fingerprint density at radius 1 is 1.15 bits per heavy atom. The van der Waals surface area contributed by atoms with E-state index in [1.54, 1.807) is 0 Å². The van der Waals surface area contributed by atoms with Gasteiger partial charge in [0.1, 0.15) is 0 Å². The van der Waals surface area contributed by atoms with Crippen LogP contribution in [0, 0.1) is 11.3 Å². The van der Waals surface area contributed by atoms with Crippen molar-refractivity contribution in [1.29, 1.82) is 0 Å². The molecule has 0 aliphatic heterocycles. The summed E-state index contributed by atoms with van der Waals surface area (Å²) in [6, 6.07) is 0. The van der Waals surface area contributed by atoms with Crippen molar-refractivity contribution in [3.63, 3.8) is 0 Å². The summed E-state index contributed by atoms with van der Waals surface area (Å²) in [6.07, 6.45) is 4.28. The Labute approximate surface area is 83.5 Å². The second kappa shape index (κ2) is 5.64. The van der Waals surface area contributed by atoms with E-state index in [2.05, 4.69) is 34.6 Å². The quantitative estimate of drug-likeness (QED) is 0.695. The van der Waals surface area contributed by atoms with E-state index in [4.69, 9.17) is 0 Å². The molecule has 0 aliphatic carbocycles. The van der Waals surface area contributed by atoms with Crippen molar-refractivity contribution in [2.24, 2.45) is 11.3 Å². The molecule has 1 N–H and O–H groups in total. The van der Waals surface area contributed by atoms with Crippen molar-refractivity contribution in [3.05, 3.63) is 0 Å². The van der Waals surface area contributed by atoms with Crippen molar-refractivity contribution < 1.29 is 5.11 Å². The molecule has 2 atom stereocenters. The molecule has 0 amide bonds. The minimum atomic E-state index is -0.0980. The SMILES string of the molecule is CCCC(C)C(O)CCC(C)(C)C. The van der Waals surface area contributed by atoms with Crippen LogP contribution in [-0.4, -0.2) is 11.2 Å². The first-order chi connectivity index (χ1) is 5.87. The molecule has 0 radical (unpaired) electrons. The number of rotatable bonds is 5. The van der Waals surface area contributed by atoms with Crippen molar-refractivity contribution >= 4 is 0 Å². The van der Waals surface area contributed by atoms with Crippen LogP contribution in [0.5, 0.6) is 0 Å². The molecule has 0 saturated heterocycles.